The summed E-state index contributed by atoms with van der Waals surface area (Å²) in [4.78, 5) is 5.37. The fourth-order valence-electron chi connectivity index (χ4n) is 1.73. The van der Waals surface area contributed by atoms with Gasteiger partial charge < -0.3 is 5.32 Å². The average Bonchev–Trinajstić information content (AvgIpc) is 2.88. The number of nitrogens with one attached hydrogen (secondary N) is 1. The monoisotopic (exact) mass is 246 g/mol. The van der Waals surface area contributed by atoms with Gasteiger partial charge in [0.25, 0.3) is 0 Å². The first-order valence-electron chi connectivity index (χ1n) is 5.99. The van der Waals surface area contributed by atoms with Crippen molar-refractivity contribution in [2.75, 3.05) is 0 Å². The summed E-state index contributed by atoms with van der Waals surface area (Å²) in [6.45, 7) is 3.17. The van der Waals surface area contributed by atoms with Gasteiger partial charge in [-0.3, -0.25) is 4.98 Å². The third-order valence-electron chi connectivity index (χ3n) is 2.82. The molecule has 0 aliphatic heterocycles. The van der Waals surface area contributed by atoms with Crippen LogP contribution in [0.4, 0.5) is 0 Å². The maximum Gasteiger partial charge on any atom is 0.0794 e. The van der Waals surface area contributed by atoms with Crippen molar-refractivity contribution in [2.45, 2.75) is 32.4 Å². The molecule has 0 aliphatic rings. The number of hydrogen-bond acceptors (Lipinski definition) is 3. The molecule has 0 spiro atoms. The highest BCUT2D eigenvalue weighted by molar-refractivity contribution is 7.09. The number of aromatic nitrogens is 1. The SMILES string of the molecule is CC(CCc1ccccc1)NCc1cncs1. The molecule has 90 valence electrons. The van der Waals surface area contributed by atoms with Gasteiger partial charge in [0.15, 0.2) is 0 Å². The van der Waals surface area contributed by atoms with Gasteiger partial charge in [0.05, 0.1) is 5.51 Å². The molecule has 3 heteroatoms. The van der Waals surface area contributed by atoms with Gasteiger partial charge in [0.2, 0.25) is 0 Å². The molecule has 1 heterocycles. The number of aryl methyl sites for hydroxylation is 1. The molecule has 2 rings (SSSR count). The minimum Gasteiger partial charge on any atom is -0.309 e. The first-order valence-corrected chi connectivity index (χ1v) is 6.87. The molecule has 0 fully saturated rings. The molecule has 0 amide bonds. The Morgan fingerprint density at radius 2 is 2.12 bits per heavy atom. The van der Waals surface area contributed by atoms with E-state index in [4.69, 9.17) is 0 Å². The Morgan fingerprint density at radius 3 is 2.82 bits per heavy atom. The number of nitrogens with zero attached hydrogens (tertiary/aromatic N) is 1. The lowest BCUT2D eigenvalue weighted by molar-refractivity contribution is 0.516. The van der Waals surface area contributed by atoms with Crippen LogP contribution in [0.5, 0.6) is 0 Å². The van der Waals surface area contributed by atoms with Gasteiger partial charge in [-0.2, -0.15) is 0 Å². The molecule has 0 aliphatic carbocycles. The minimum absolute atomic E-state index is 0.539. The van der Waals surface area contributed by atoms with Crippen molar-refractivity contribution < 1.29 is 0 Å². The molecule has 0 radical (unpaired) electrons. The van der Waals surface area contributed by atoms with E-state index in [0.717, 1.165) is 13.0 Å². The van der Waals surface area contributed by atoms with Crippen molar-refractivity contribution >= 4 is 11.3 Å². The van der Waals surface area contributed by atoms with Gasteiger partial charge in [0.1, 0.15) is 0 Å². The van der Waals surface area contributed by atoms with Gasteiger partial charge in [0, 0.05) is 23.7 Å². The largest absolute Gasteiger partial charge is 0.309 e. The molecule has 1 unspecified atom stereocenters. The van der Waals surface area contributed by atoms with Crippen molar-refractivity contribution in [3.8, 4) is 0 Å². The molecule has 1 aromatic carbocycles. The van der Waals surface area contributed by atoms with Gasteiger partial charge >= 0.3 is 0 Å². The summed E-state index contributed by atoms with van der Waals surface area (Å²) >= 11 is 1.71. The van der Waals surface area contributed by atoms with Crippen LogP contribution in [0.15, 0.2) is 42.0 Å². The lowest BCUT2D eigenvalue weighted by atomic mass is 10.1. The molecule has 0 saturated heterocycles. The van der Waals surface area contributed by atoms with Crippen molar-refractivity contribution in [2.24, 2.45) is 0 Å². The number of rotatable bonds is 6. The zero-order valence-electron chi connectivity index (χ0n) is 10.1. The lowest BCUT2D eigenvalue weighted by Crippen LogP contribution is -2.25. The second-order valence-corrected chi connectivity index (χ2v) is 5.24. The molecule has 2 aromatic rings. The molecule has 2 nitrogen and oxygen atoms in total. The molecule has 1 N–H and O–H groups in total. The van der Waals surface area contributed by atoms with Gasteiger partial charge in [-0.05, 0) is 25.3 Å². The second-order valence-electron chi connectivity index (χ2n) is 4.27. The van der Waals surface area contributed by atoms with Crippen molar-refractivity contribution in [3.05, 3.63) is 52.5 Å². The van der Waals surface area contributed by atoms with Gasteiger partial charge in [-0.25, -0.2) is 0 Å². The van der Waals surface area contributed by atoms with E-state index < -0.39 is 0 Å². The molecular weight excluding hydrogens is 228 g/mol. The molecular formula is C14H18N2S. The second kappa shape index (κ2) is 6.52. The van der Waals surface area contributed by atoms with Crippen LogP contribution in [0.2, 0.25) is 0 Å². The Hall–Kier alpha value is -1.19. The van der Waals surface area contributed by atoms with E-state index in [2.05, 4.69) is 47.6 Å². The van der Waals surface area contributed by atoms with Crippen LogP contribution in [-0.2, 0) is 13.0 Å². The van der Waals surface area contributed by atoms with Crippen LogP contribution < -0.4 is 5.32 Å². The van der Waals surface area contributed by atoms with Crippen LogP contribution >= 0.6 is 11.3 Å². The molecule has 0 saturated carbocycles. The maximum absolute atomic E-state index is 4.07. The number of thiazole rings is 1. The van der Waals surface area contributed by atoms with E-state index >= 15 is 0 Å². The van der Waals surface area contributed by atoms with Crippen LogP contribution in [0.3, 0.4) is 0 Å². The Labute approximate surface area is 107 Å². The number of benzene rings is 1. The van der Waals surface area contributed by atoms with E-state index in [1.807, 2.05) is 11.7 Å². The summed E-state index contributed by atoms with van der Waals surface area (Å²) in [6, 6.07) is 11.2. The zero-order valence-corrected chi connectivity index (χ0v) is 10.9. The topological polar surface area (TPSA) is 24.9 Å². The molecule has 0 bridgehead atoms. The smallest absolute Gasteiger partial charge is 0.0794 e. The standard InChI is InChI=1S/C14H18N2S/c1-12(16-10-14-9-15-11-17-14)7-8-13-5-3-2-4-6-13/h2-6,9,11-12,16H,7-8,10H2,1H3. The highest BCUT2D eigenvalue weighted by Gasteiger charge is 2.02. The van der Waals surface area contributed by atoms with Crippen molar-refractivity contribution in [1.82, 2.24) is 10.3 Å². The predicted octanol–water partition coefficient (Wildman–Crippen LogP) is 3.25. The fraction of sp³-hybridized carbons (Fsp3) is 0.357. The van der Waals surface area contributed by atoms with Gasteiger partial charge in [-0.1, -0.05) is 30.3 Å². The highest BCUT2D eigenvalue weighted by Crippen LogP contribution is 2.07. The Balaban J connectivity index is 1.69. The van der Waals surface area contributed by atoms with Crippen LogP contribution in [0.1, 0.15) is 23.8 Å². The first-order chi connectivity index (χ1) is 8.34. The Bertz CT molecular complexity index is 411. The third kappa shape index (κ3) is 4.29. The molecule has 1 atom stereocenters. The fourth-order valence-corrected chi connectivity index (χ4v) is 2.28. The summed E-state index contributed by atoms with van der Waals surface area (Å²) in [5.74, 6) is 0. The third-order valence-corrected chi connectivity index (χ3v) is 3.60. The van der Waals surface area contributed by atoms with Crippen LogP contribution in [-0.4, -0.2) is 11.0 Å². The maximum atomic E-state index is 4.07. The zero-order chi connectivity index (χ0) is 11.9. The van der Waals surface area contributed by atoms with E-state index in [0.29, 0.717) is 6.04 Å². The normalized spacial score (nSPS) is 12.5. The summed E-state index contributed by atoms with van der Waals surface area (Å²) in [7, 11) is 0. The molecule has 17 heavy (non-hydrogen) atoms. The summed E-state index contributed by atoms with van der Waals surface area (Å²) in [5.41, 5.74) is 3.30. The van der Waals surface area contributed by atoms with Crippen molar-refractivity contribution in [1.29, 1.82) is 0 Å². The highest BCUT2D eigenvalue weighted by atomic mass is 32.1. The van der Waals surface area contributed by atoms with Crippen molar-refractivity contribution in [3.63, 3.8) is 0 Å². The average molecular weight is 246 g/mol. The lowest BCUT2D eigenvalue weighted by Gasteiger charge is -2.12. The summed E-state index contributed by atoms with van der Waals surface area (Å²) in [5, 5.41) is 3.53. The summed E-state index contributed by atoms with van der Waals surface area (Å²) in [6.07, 6.45) is 4.24. The Morgan fingerprint density at radius 1 is 1.29 bits per heavy atom. The van der Waals surface area contributed by atoms with Gasteiger partial charge in [-0.15, -0.1) is 11.3 Å². The Kier molecular flexibility index (Phi) is 4.71. The van der Waals surface area contributed by atoms with E-state index in [1.54, 1.807) is 11.3 Å². The number of hydrogen-bond donors (Lipinski definition) is 1. The predicted molar refractivity (Wildman–Crippen MR) is 73.2 cm³/mol. The van der Waals surface area contributed by atoms with Crippen LogP contribution in [0.25, 0.3) is 0 Å². The quantitative estimate of drug-likeness (QED) is 0.846. The molecule has 1 aromatic heterocycles. The van der Waals surface area contributed by atoms with E-state index in [-0.39, 0.29) is 0 Å². The van der Waals surface area contributed by atoms with E-state index in [9.17, 15) is 0 Å². The first kappa shape index (κ1) is 12.3. The van der Waals surface area contributed by atoms with E-state index in [1.165, 1.54) is 16.9 Å². The van der Waals surface area contributed by atoms with Crippen LogP contribution in [0, 0.1) is 0 Å². The minimum atomic E-state index is 0.539. The summed E-state index contributed by atoms with van der Waals surface area (Å²) < 4.78 is 0.